The van der Waals surface area contributed by atoms with E-state index in [0.717, 1.165) is 16.3 Å². The Bertz CT molecular complexity index is 656. The normalized spacial score (nSPS) is 10.5. The maximum atomic E-state index is 12.3. The fourth-order valence-corrected chi connectivity index (χ4v) is 2.83. The largest absolute Gasteiger partial charge is 0.345 e. The van der Waals surface area contributed by atoms with Gasteiger partial charge in [-0.15, -0.1) is 36.2 Å². The fraction of sp³-hybridized carbons (Fsp3) is 0.333. The number of rotatable bonds is 4. The number of aryl methyl sites for hydroxylation is 1. The molecule has 1 aromatic heterocycles. The molecule has 1 aromatic carbocycles. The summed E-state index contributed by atoms with van der Waals surface area (Å²) >= 11 is 7.25. The van der Waals surface area contributed by atoms with Crippen LogP contribution in [0, 0.1) is 6.92 Å². The van der Waals surface area contributed by atoms with Gasteiger partial charge < -0.3 is 11.1 Å². The van der Waals surface area contributed by atoms with Crippen molar-refractivity contribution in [1.82, 2.24) is 10.3 Å². The number of nitrogens with one attached hydrogen (secondary N) is 1. The van der Waals surface area contributed by atoms with Crippen molar-refractivity contribution in [2.75, 3.05) is 6.54 Å². The van der Waals surface area contributed by atoms with Crippen molar-refractivity contribution in [3.8, 4) is 10.6 Å². The van der Waals surface area contributed by atoms with Crippen molar-refractivity contribution in [1.29, 1.82) is 0 Å². The van der Waals surface area contributed by atoms with Gasteiger partial charge in [0, 0.05) is 22.7 Å². The third-order valence-corrected chi connectivity index (χ3v) is 4.51. The molecule has 0 bridgehead atoms. The number of amides is 1. The van der Waals surface area contributed by atoms with Crippen LogP contribution in [0.15, 0.2) is 24.3 Å². The predicted octanol–water partition coefficient (Wildman–Crippen LogP) is 4.08. The fourth-order valence-electron chi connectivity index (χ4n) is 1.74. The highest BCUT2D eigenvalue weighted by Crippen LogP contribution is 2.29. The van der Waals surface area contributed by atoms with E-state index >= 15 is 0 Å². The lowest BCUT2D eigenvalue weighted by atomic mass is 10.1. The number of hydrogen-bond donors (Lipinski definition) is 2. The van der Waals surface area contributed by atoms with E-state index in [0.29, 0.717) is 16.4 Å². The zero-order valence-corrected chi connectivity index (χ0v) is 16.3. The van der Waals surface area contributed by atoms with E-state index in [4.69, 9.17) is 17.3 Å². The van der Waals surface area contributed by atoms with E-state index < -0.39 is 5.54 Å². The van der Waals surface area contributed by atoms with E-state index in [9.17, 15) is 4.79 Å². The number of hydrogen-bond acceptors (Lipinski definition) is 4. The third kappa shape index (κ3) is 5.62. The second-order valence-electron chi connectivity index (χ2n) is 5.48. The van der Waals surface area contributed by atoms with Gasteiger partial charge in [0.25, 0.3) is 5.91 Å². The van der Waals surface area contributed by atoms with Gasteiger partial charge >= 0.3 is 0 Å². The summed E-state index contributed by atoms with van der Waals surface area (Å²) in [7, 11) is 0. The Morgan fingerprint density at radius 1 is 1.30 bits per heavy atom. The van der Waals surface area contributed by atoms with Crippen molar-refractivity contribution in [2.24, 2.45) is 5.73 Å². The number of carbonyl (C=O) groups is 1. The van der Waals surface area contributed by atoms with Gasteiger partial charge in [0.2, 0.25) is 0 Å². The van der Waals surface area contributed by atoms with Crippen LogP contribution >= 0.6 is 47.8 Å². The number of thiazole rings is 1. The van der Waals surface area contributed by atoms with E-state index in [-0.39, 0.29) is 30.7 Å². The third-order valence-electron chi connectivity index (χ3n) is 3.06. The first kappa shape index (κ1) is 22.1. The van der Waals surface area contributed by atoms with Crippen LogP contribution in [0.25, 0.3) is 10.6 Å². The summed E-state index contributed by atoms with van der Waals surface area (Å²) in [5, 5.41) is 4.40. The summed E-state index contributed by atoms with van der Waals surface area (Å²) in [6.45, 7) is 5.99. The van der Waals surface area contributed by atoms with Gasteiger partial charge in [0.15, 0.2) is 0 Å². The maximum Gasteiger partial charge on any atom is 0.263 e. The highest BCUT2D eigenvalue weighted by molar-refractivity contribution is 7.17. The van der Waals surface area contributed by atoms with Crippen LogP contribution in [-0.4, -0.2) is 23.0 Å². The Balaban J connectivity index is 0.00000242. The first-order chi connectivity index (χ1) is 9.82. The molecular weight excluding hydrogens is 377 g/mol. The number of benzene rings is 1. The Kier molecular flexibility index (Phi) is 8.52. The molecule has 4 nitrogen and oxygen atoms in total. The molecule has 0 aliphatic heterocycles. The Morgan fingerprint density at radius 3 is 2.39 bits per heavy atom. The number of nitrogens with two attached hydrogens (primary N) is 1. The van der Waals surface area contributed by atoms with Crippen LogP contribution in [0.3, 0.4) is 0 Å². The van der Waals surface area contributed by atoms with Crippen molar-refractivity contribution < 1.29 is 4.79 Å². The average molecular weight is 397 g/mol. The van der Waals surface area contributed by atoms with Gasteiger partial charge in [-0.2, -0.15) is 0 Å². The molecule has 0 aliphatic carbocycles. The zero-order chi connectivity index (χ0) is 15.6. The molecule has 0 atom stereocenters. The summed E-state index contributed by atoms with van der Waals surface area (Å²) in [5.74, 6) is -0.138. The second kappa shape index (κ2) is 8.85. The minimum atomic E-state index is -0.437. The summed E-state index contributed by atoms with van der Waals surface area (Å²) in [5.41, 5.74) is 6.87. The quantitative estimate of drug-likeness (QED) is 0.818. The Hall–Kier alpha value is -0.850. The molecule has 2 aromatic rings. The first-order valence-corrected chi connectivity index (χ1v) is 7.78. The first-order valence-electron chi connectivity index (χ1n) is 6.58. The summed E-state index contributed by atoms with van der Waals surface area (Å²) < 4.78 is 0. The number of halogens is 3. The molecule has 23 heavy (non-hydrogen) atoms. The SMILES string of the molecule is Cc1nc(-c2ccc(Cl)cc2)sc1C(=O)NC(C)(C)CN.Cl.Cl. The van der Waals surface area contributed by atoms with Gasteiger partial charge in [-0.1, -0.05) is 23.7 Å². The van der Waals surface area contributed by atoms with Crippen molar-refractivity contribution in [3.63, 3.8) is 0 Å². The minimum Gasteiger partial charge on any atom is -0.345 e. The van der Waals surface area contributed by atoms with Gasteiger partial charge in [0.05, 0.1) is 5.69 Å². The van der Waals surface area contributed by atoms with Gasteiger partial charge in [-0.05, 0) is 32.9 Å². The van der Waals surface area contributed by atoms with E-state index in [1.165, 1.54) is 11.3 Å². The highest BCUT2D eigenvalue weighted by atomic mass is 35.5. The Labute approximate surface area is 157 Å². The lowest BCUT2D eigenvalue weighted by molar-refractivity contribution is 0.0919. The van der Waals surface area contributed by atoms with Crippen LogP contribution in [0.5, 0.6) is 0 Å². The van der Waals surface area contributed by atoms with Gasteiger partial charge in [-0.25, -0.2) is 4.98 Å². The monoisotopic (exact) mass is 395 g/mol. The smallest absolute Gasteiger partial charge is 0.263 e. The van der Waals surface area contributed by atoms with Crippen molar-refractivity contribution in [2.45, 2.75) is 26.3 Å². The minimum absolute atomic E-state index is 0. The molecule has 1 heterocycles. The molecule has 128 valence electrons. The van der Waals surface area contributed by atoms with E-state index in [2.05, 4.69) is 10.3 Å². The second-order valence-corrected chi connectivity index (χ2v) is 6.92. The Morgan fingerprint density at radius 2 is 1.87 bits per heavy atom. The molecule has 0 fully saturated rings. The molecule has 0 saturated carbocycles. The molecule has 1 amide bonds. The predicted molar refractivity (Wildman–Crippen MR) is 102 cm³/mol. The topological polar surface area (TPSA) is 68.0 Å². The highest BCUT2D eigenvalue weighted by Gasteiger charge is 2.23. The van der Waals surface area contributed by atoms with Crippen LogP contribution in [0.4, 0.5) is 0 Å². The summed E-state index contributed by atoms with van der Waals surface area (Å²) in [6.07, 6.45) is 0. The molecule has 0 saturated heterocycles. The molecule has 3 N–H and O–H groups in total. The summed E-state index contributed by atoms with van der Waals surface area (Å²) in [4.78, 5) is 17.4. The van der Waals surface area contributed by atoms with E-state index in [1.54, 1.807) is 0 Å². The number of carbonyl (C=O) groups excluding carboxylic acids is 1. The molecular formula is C15H20Cl3N3OS. The summed E-state index contributed by atoms with van der Waals surface area (Å²) in [6, 6.07) is 7.41. The molecule has 0 spiro atoms. The van der Waals surface area contributed by atoms with Crippen molar-refractivity contribution >= 4 is 53.7 Å². The van der Waals surface area contributed by atoms with Crippen LogP contribution < -0.4 is 11.1 Å². The maximum absolute atomic E-state index is 12.3. The molecule has 0 unspecified atom stereocenters. The average Bonchev–Trinajstić information content (AvgIpc) is 2.81. The lowest BCUT2D eigenvalue weighted by Crippen LogP contribution is -2.48. The van der Waals surface area contributed by atoms with Gasteiger partial charge in [-0.3, -0.25) is 4.79 Å². The lowest BCUT2D eigenvalue weighted by Gasteiger charge is -2.23. The van der Waals surface area contributed by atoms with Crippen LogP contribution in [0.1, 0.15) is 29.2 Å². The number of aromatic nitrogens is 1. The molecule has 0 aliphatic rings. The van der Waals surface area contributed by atoms with Crippen LogP contribution in [-0.2, 0) is 0 Å². The van der Waals surface area contributed by atoms with E-state index in [1.807, 2.05) is 45.0 Å². The zero-order valence-electron chi connectivity index (χ0n) is 13.1. The molecule has 2 rings (SSSR count). The standard InChI is InChI=1S/C15H18ClN3OS.2ClH/c1-9-12(13(20)19-15(2,3)8-17)21-14(18-9)10-4-6-11(16)7-5-10;;/h4-7H,8,17H2,1-3H3,(H,19,20);2*1H. The molecule has 8 heteroatoms. The molecule has 0 radical (unpaired) electrons. The van der Waals surface area contributed by atoms with Crippen molar-refractivity contribution in [3.05, 3.63) is 39.9 Å². The van der Waals surface area contributed by atoms with Gasteiger partial charge in [0.1, 0.15) is 9.88 Å². The van der Waals surface area contributed by atoms with Crippen LogP contribution in [0.2, 0.25) is 5.02 Å². The number of nitrogens with zero attached hydrogens (tertiary/aromatic N) is 1.